The highest BCUT2D eigenvalue weighted by Crippen LogP contribution is 2.23. The number of rotatable bonds is 3. The molecule has 2 heterocycles. The van der Waals surface area contributed by atoms with Gasteiger partial charge in [-0.05, 0) is 25.1 Å². The lowest BCUT2D eigenvalue weighted by molar-refractivity contribution is 0.103. The molecule has 0 aromatic carbocycles. The van der Waals surface area contributed by atoms with E-state index in [1.165, 1.54) is 11.3 Å². The van der Waals surface area contributed by atoms with Gasteiger partial charge in [-0.3, -0.25) is 9.48 Å². The average Bonchev–Trinajstić information content (AvgIpc) is 2.84. The first-order chi connectivity index (χ1) is 7.22. The van der Waals surface area contributed by atoms with E-state index in [1.807, 2.05) is 6.92 Å². The molecule has 2 aromatic heterocycles. The Morgan fingerprint density at radius 1 is 1.53 bits per heavy atom. The van der Waals surface area contributed by atoms with Gasteiger partial charge in [0, 0.05) is 12.7 Å². The Bertz CT molecular complexity index is 489. The third kappa shape index (κ3) is 1.96. The van der Waals surface area contributed by atoms with Gasteiger partial charge in [0.25, 0.3) is 0 Å². The van der Waals surface area contributed by atoms with E-state index in [4.69, 9.17) is 11.6 Å². The van der Waals surface area contributed by atoms with Gasteiger partial charge in [-0.25, -0.2) is 0 Å². The number of nitrogens with zero attached hydrogens (tertiary/aromatic N) is 2. The molecule has 0 aliphatic carbocycles. The van der Waals surface area contributed by atoms with Gasteiger partial charge in [0.15, 0.2) is 0 Å². The molecule has 0 radical (unpaired) electrons. The molecule has 0 unspecified atom stereocenters. The Morgan fingerprint density at radius 3 is 2.93 bits per heavy atom. The molecule has 0 N–H and O–H groups in total. The highest BCUT2D eigenvalue weighted by atomic mass is 35.5. The minimum atomic E-state index is -0.0220. The van der Waals surface area contributed by atoms with Crippen LogP contribution < -0.4 is 0 Å². The van der Waals surface area contributed by atoms with Crippen molar-refractivity contribution in [3.8, 4) is 0 Å². The summed E-state index contributed by atoms with van der Waals surface area (Å²) in [5, 5.41) is 4.06. The number of hydrogen-bond acceptors (Lipinski definition) is 3. The summed E-state index contributed by atoms with van der Waals surface area (Å²) < 4.78 is 2.30. The van der Waals surface area contributed by atoms with Crippen LogP contribution in [0.3, 0.4) is 0 Å². The molecule has 0 aliphatic heterocycles. The van der Waals surface area contributed by atoms with E-state index in [0.29, 0.717) is 21.5 Å². The molecule has 15 heavy (non-hydrogen) atoms. The standard InChI is InChI=1S/C10H9ClN2OS/c1-2-13-7(5-6-12-13)10(14)8-3-4-9(11)15-8/h3-6H,2H2,1H3. The maximum atomic E-state index is 12.0. The number of halogens is 1. The van der Waals surface area contributed by atoms with Crippen LogP contribution in [-0.4, -0.2) is 15.6 Å². The fourth-order valence-electron chi connectivity index (χ4n) is 1.34. The predicted molar refractivity (Wildman–Crippen MR) is 60.7 cm³/mol. The molecule has 0 atom stereocenters. The first-order valence-corrected chi connectivity index (χ1v) is 5.73. The molecule has 0 saturated heterocycles. The van der Waals surface area contributed by atoms with Crippen molar-refractivity contribution in [1.82, 2.24) is 9.78 Å². The molecule has 5 heteroatoms. The lowest BCUT2D eigenvalue weighted by atomic mass is 10.2. The van der Waals surface area contributed by atoms with Gasteiger partial charge in [-0.2, -0.15) is 5.10 Å². The maximum absolute atomic E-state index is 12.0. The fourth-order valence-corrected chi connectivity index (χ4v) is 2.33. The van der Waals surface area contributed by atoms with Crippen molar-refractivity contribution < 1.29 is 4.79 Å². The van der Waals surface area contributed by atoms with Crippen molar-refractivity contribution in [3.63, 3.8) is 0 Å². The van der Waals surface area contributed by atoms with E-state index < -0.39 is 0 Å². The van der Waals surface area contributed by atoms with Crippen LogP contribution >= 0.6 is 22.9 Å². The summed E-state index contributed by atoms with van der Waals surface area (Å²) >= 11 is 7.07. The minimum Gasteiger partial charge on any atom is -0.286 e. The third-order valence-corrected chi connectivity index (χ3v) is 3.28. The highest BCUT2D eigenvalue weighted by molar-refractivity contribution is 7.18. The van der Waals surface area contributed by atoms with Crippen molar-refractivity contribution in [3.05, 3.63) is 39.3 Å². The highest BCUT2D eigenvalue weighted by Gasteiger charge is 2.15. The van der Waals surface area contributed by atoms with E-state index in [-0.39, 0.29) is 5.78 Å². The van der Waals surface area contributed by atoms with Crippen molar-refractivity contribution >= 4 is 28.7 Å². The van der Waals surface area contributed by atoms with Crippen molar-refractivity contribution in [1.29, 1.82) is 0 Å². The first kappa shape index (κ1) is 10.4. The van der Waals surface area contributed by atoms with Gasteiger partial charge in [0.1, 0.15) is 5.69 Å². The summed E-state index contributed by atoms with van der Waals surface area (Å²) in [5.74, 6) is -0.0220. The Balaban J connectivity index is 2.36. The van der Waals surface area contributed by atoms with Crippen molar-refractivity contribution in [2.75, 3.05) is 0 Å². The lowest BCUT2D eigenvalue weighted by Crippen LogP contribution is -2.09. The Hall–Kier alpha value is -1.13. The summed E-state index contributed by atoms with van der Waals surface area (Å²) in [6.07, 6.45) is 1.63. The van der Waals surface area contributed by atoms with Crippen molar-refractivity contribution in [2.24, 2.45) is 0 Å². The summed E-state index contributed by atoms with van der Waals surface area (Å²) in [4.78, 5) is 12.6. The smallest absolute Gasteiger partial charge is 0.220 e. The topological polar surface area (TPSA) is 34.9 Å². The summed E-state index contributed by atoms with van der Waals surface area (Å²) in [5.41, 5.74) is 0.607. The second-order valence-electron chi connectivity index (χ2n) is 2.97. The number of hydrogen-bond donors (Lipinski definition) is 0. The van der Waals surface area contributed by atoms with E-state index >= 15 is 0 Å². The SMILES string of the molecule is CCn1nccc1C(=O)c1ccc(Cl)s1. The molecule has 0 spiro atoms. The Kier molecular flexibility index (Phi) is 2.88. The van der Waals surface area contributed by atoms with Gasteiger partial charge >= 0.3 is 0 Å². The molecule has 0 aliphatic rings. The van der Waals surface area contributed by atoms with Crippen LogP contribution in [-0.2, 0) is 6.54 Å². The molecule has 0 fully saturated rings. The van der Waals surface area contributed by atoms with Crippen LogP contribution in [0.2, 0.25) is 4.34 Å². The van der Waals surface area contributed by atoms with Gasteiger partial charge in [-0.15, -0.1) is 11.3 Å². The number of aryl methyl sites for hydroxylation is 1. The van der Waals surface area contributed by atoms with Crippen molar-refractivity contribution in [2.45, 2.75) is 13.5 Å². The minimum absolute atomic E-state index is 0.0220. The quantitative estimate of drug-likeness (QED) is 0.774. The van der Waals surface area contributed by atoms with Crippen LogP contribution in [0.4, 0.5) is 0 Å². The van der Waals surface area contributed by atoms with Crippen LogP contribution in [0, 0.1) is 0 Å². The summed E-state index contributed by atoms with van der Waals surface area (Å²) in [6, 6.07) is 5.19. The van der Waals surface area contributed by atoms with Gasteiger partial charge in [0.05, 0.1) is 9.21 Å². The van der Waals surface area contributed by atoms with Crippen LogP contribution in [0.1, 0.15) is 22.3 Å². The summed E-state index contributed by atoms with van der Waals surface area (Å²) in [7, 11) is 0. The van der Waals surface area contributed by atoms with E-state index in [2.05, 4.69) is 5.10 Å². The van der Waals surface area contributed by atoms with E-state index in [0.717, 1.165) is 0 Å². The van der Waals surface area contributed by atoms with Crippen LogP contribution in [0.5, 0.6) is 0 Å². The second kappa shape index (κ2) is 4.16. The number of thiophene rings is 1. The summed E-state index contributed by atoms with van der Waals surface area (Å²) in [6.45, 7) is 2.64. The second-order valence-corrected chi connectivity index (χ2v) is 4.68. The molecule has 0 amide bonds. The zero-order valence-corrected chi connectivity index (χ0v) is 9.68. The third-order valence-electron chi connectivity index (χ3n) is 2.05. The number of ketones is 1. The lowest BCUT2D eigenvalue weighted by Gasteiger charge is -2.01. The molecule has 2 aromatic rings. The fraction of sp³-hybridized carbons (Fsp3) is 0.200. The number of carbonyl (C=O) groups excluding carboxylic acids is 1. The molecular weight excluding hydrogens is 232 g/mol. The van der Waals surface area contributed by atoms with E-state index in [1.54, 1.807) is 29.1 Å². The van der Waals surface area contributed by atoms with Gasteiger partial charge < -0.3 is 0 Å². The Labute approximate surface area is 96.3 Å². The first-order valence-electron chi connectivity index (χ1n) is 4.54. The Morgan fingerprint density at radius 2 is 2.33 bits per heavy atom. The monoisotopic (exact) mass is 240 g/mol. The average molecular weight is 241 g/mol. The molecule has 0 saturated carbocycles. The number of carbonyl (C=O) groups is 1. The van der Waals surface area contributed by atoms with Crippen LogP contribution in [0.15, 0.2) is 24.4 Å². The van der Waals surface area contributed by atoms with Gasteiger partial charge in [0.2, 0.25) is 5.78 Å². The molecule has 78 valence electrons. The molecule has 0 bridgehead atoms. The molecular formula is C10H9ClN2OS. The normalized spacial score (nSPS) is 10.5. The maximum Gasteiger partial charge on any atom is 0.220 e. The number of aromatic nitrogens is 2. The predicted octanol–water partition coefficient (Wildman–Crippen LogP) is 2.85. The zero-order chi connectivity index (χ0) is 10.8. The van der Waals surface area contributed by atoms with E-state index in [9.17, 15) is 4.79 Å². The molecule has 2 rings (SSSR count). The van der Waals surface area contributed by atoms with Gasteiger partial charge in [-0.1, -0.05) is 11.6 Å². The zero-order valence-electron chi connectivity index (χ0n) is 8.11. The van der Waals surface area contributed by atoms with Crippen LogP contribution in [0.25, 0.3) is 0 Å². The molecule has 3 nitrogen and oxygen atoms in total. The largest absolute Gasteiger partial charge is 0.286 e.